The first kappa shape index (κ1) is 20.3. The lowest BCUT2D eigenvalue weighted by molar-refractivity contribution is -0.142. The van der Waals surface area contributed by atoms with Crippen molar-refractivity contribution in [2.45, 2.75) is 13.0 Å². The fraction of sp³-hybridized carbons (Fsp3) is 0.292. The van der Waals surface area contributed by atoms with Crippen LogP contribution in [0, 0.1) is 6.92 Å². The molecule has 1 aromatic heterocycles. The first-order valence-corrected chi connectivity index (χ1v) is 10.7. The number of carbonyl (C=O) groups excluding carboxylic acids is 2. The Morgan fingerprint density at radius 2 is 1.75 bits per heavy atom. The number of amides is 2. The molecule has 2 amide bonds. The molecule has 0 aliphatic carbocycles. The zero-order chi connectivity index (χ0) is 22.1. The van der Waals surface area contributed by atoms with E-state index in [1.54, 1.807) is 34.2 Å². The first-order chi connectivity index (χ1) is 15.6. The summed E-state index contributed by atoms with van der Waals surface area (Å²) in [6, 6.07) is 16.6. The van der Waals surface area contributed by atoms with E-state index in [1.165, 1.54) is 0 Å². The van der Waals surface area contributed by atoms with Crippen molar-refractivity contribution >= 4 is 17.5 Å². The second-order valence-electron chi connectivity index (χ2n) is 7.86. The average molecular weight is 432 g/mol. The van der Waals surface area contributed by atoms with Gasteiger partial charge in [0, 0.05) is 30.5 Å². The Balaban J connectivity index is 1.41. The first-order valence-electron chi connectivity index (χ1n) is 10.7. The molecule has 1 atom stereocenters. The van der Waals surface area contributed by atoms with Crippen LogP contribution in [-0.2, 0) is 9.53 Å². The largest absolute Gasteiger partial charge is 0.476 e. The maximum absolute atomic E-state index is 13.5. The zero-order valence-electron chi connectivity index (χ0n) is 17.8. The van der Waals surface area contributed by atoms with Crippen LogP contribution in [0.2, 0.25) is 0 Å². The van der Waals surface area contributed by atoms with Crippen LogP contribution < -0.4 is 9.64 Å². The number of ether oxygens (including phenoxy) is 2. The van der Waals surface area contributed by atoms with Gasteiger partial charge in [0.05, 0.1) is 31.1 Å². The van der Waals surface area contributed by atoms with Gasteiger partial charge in [-0.15, -0.1) is 0 Å². The van der Waals surface area contributed by atoms with Gasteiger partial charge in [0.2, 0.25) is 0 Å². The molecule has 0 saturated carbocycles. The monoisotopic (exact) mass is 432 g/mol. The number of hydrogen-bond acceptors (Lipinski definition) is 5. The Hall–Kier alpha value is -3.65. The number of morpholine rings is 1. The van der Waals surface area contributed by atoms with Crippen molar-refractivity contribution in [3.8, 4) is 11.4 Å². The lowest BCUT2D eigenvalue weighted by Crippen LogP contribution is -2.54. The summed E-state index contributed by atoms with van der Waals surface area (Å²) in [7, 11) is 0. The summed E-state index contributed by atoms with van der Waals surface area (Å²) in [4.78, 5) is 29.9. The molecular weight excluding hydrogens is 408 g/mol. The number of aromatic nitrogens is 2. The van der Waals surface area contributed by atoms with Gasteiger partial charge in [-0.25, -0.2) is 4.68 Å². The Morgan fingerprint density at radius 3 is 2.47 bits per heavy atom. The minimum Gasteiger partial charge on any atom is -0.476 e. The molecule has 0 bridgehead atoms. The summed E-state index contributed by atoms with van der Waals surface area (Å²) in [6.07, 6.45) is 0.989. The van der Waals surface area contributed by atoms with Crippen LogP contribution in [0.5, 0.6) is 5.75 Å². The Kier molecular flexibility index (Phi) is 5.36. The number of hydrogen-bond donors (Lipinski definition) is 0. The van der Waals surface area contributed by atoms with E-state index < -0.39 is 6.10 Å². The van der Waals surface area contributed by atoms with Gasteiger partial charge >= 0.3 is 0 Å². The summed E-state index contributed by atoms with van der Waals surface area (Å²) in [6.45, 7) is 4.22. The van der Waals surface area contributed by atoms with Crippen LogP contribution in [0.4, 0.5) is 5.69 Å². The highest BCUT2D eigenvalue weighted by atomic mass is 16.5. The molecule has 32 heavy (non-hydrogen) atoms. The molecule has 0 spiro atoms. The SMILES string of the molecule is Cc1ccnn1-c1ccc(C(=O)N2CC(C(=O)N3CCOCC3)Oc3ccccc32)cc1. The van der Waals surface area contributed by atoms with Gasteiger partial charge in [0.25, 0.3) is 11.8 Å². The summed E-state index contributed by atoms with van der Waals surface area (Å²) < 4.78 is 13.2. The molecule has 3 heterocycles. The van der Waals surface area contributed by atoms with Crippen LogP contribution in [-0.4, -0.2) is 65.4 Å². The van der Waals surface area contributed by atoms with Gasteiger partial charge in [-0.3, -0.25) is 9.59 Å². The predicted octanol–water partition coefficient (Wildman–Crippen LogP) is 2.45. The second-order valence-corrected chi connectivity index (χ2v) is 7.86. The van der Waals surface area contributed by atoms with Crippen molar-refractivity contribution in [1.82, 2.24) is 14.7 Å². The summed E-state index contributed by atoms with van der Waals surface area (Å²) >= 11 is 0. The summed E-state index contributed by atoms with van der Waals surface area (Å²) in [5.74, 6) is 0.233. The Bertz CT molecular complexity index is 1130. The van der Waals surface area contributed by atoms with Crippen molar-refractivity contribution in [1.29, 1.82) is 0 Å². The van der Waals surface area contributed by atoms with Crippen LogP contribution in [0.25, 0.3) is 5.69 Å². The minimum atomic E-state index is -0.752. The summed E-state index contributed by atoms with van der Waals surface area (Å²) in [5, 5.41) is 4.31. The minimum absolute atomic E-state index is 0.120. The van der Waals surface area contributed by atoms with Gasteiger partial charge in [-0.1, -0.05) is 12.1 Å². The second kappa shape index (κ2) is 8.47. The number of benzene rings is 2. The number of anilines is 1. The van der Waals surface area contributed by atoms with Crippen molar-refractivity contribution in [3.63, 3.8) is 0 Å². The Labute approximate surface area is 185 Å². The normalized spacial score (nSPS) is 18.1. The number of carbonyl (C=O) groups is 2. The third kappa shape index (κ3) is 3.73. The average Bonchev–Trinajstić information content (AvgIpc) is 3.29. The van der Waals surface area contributed by atoms with E-state index in [9.17, 15) is 9.59 Å². The van der Waals surface area contributed by atoms with E-state index in [0.717, 1.165) is 11.4 Å². The van der Waals surface area contributed by atoms with Gasteiger partial charge in [-0.05, 0) is 49.4 Å². The molecule has 2 aliphatic rings. The molecule has 1 fully saturated rings. The standard InChI is InChI=1S/C24H24N4O4/c1-17-10-11-25-28(17)19-8-6-18(7-9-19)23(29)27-16-22(24(30)26-12-14-31-15-13-26)32-21-5-3-2-4-20(21)27/h2-11,22H,12-16H2,1H3. The fourth-order valence-corrected chi connectivity index (χ4v) is 4.08. The molecular formula is C24H24N4O4. The van der Waals surface area contributed by atoms with E-state index in [4.69, 9.17) is 9.47 Å². The number of rotatable bonds is 3. The van der Waals surface area contributed by atoms with Crippen LogP contribution in [0.15, 0.2) is 60.8 Å². The molecule has 8 heteroatoms. The molecule has 1 unspecified atom stereocenters. The topological polar surface area (TPSA) is 76.9 Å². The van der Waals surface area contributed by atoms with Crippen LogP contribution in [0.3, 0.4) is 0 Å². The molecule has 164 valence electrons. The van der Waals surface area contributed by atoms with E-state index in [0.29, 0.717) is 43.3 Å². The molecule has 3 aromatic rings. The van der Waals surface area contributed by atoms with Crippen molar-refractivity contribution in [2.24, 2.45) is 0 Å². The quantitative estimate of drug-likeness (QED) is 0.636. The lowest BCUT2D eigenvalue weighted by Gasteiger charge is -2.37. The number of nitrogens with zero attached hydrogens (tertiary/aromatic N) is 4. The smallest absolute Gasteiger partial charge is 0.265 e. The molecule has 2 aliphatic heterocycles. The number of fused-ring (bicyclic) bond motifs is 1. The highest BCUT2D eigenvalue weighted by molar-refractivity contribution is 6.08. The van der Waals surface area contributed by atoms with E-state index in [-0.39, 0.29) is 18.4 Å². The molecule has 8 nitrogen and oxygen atoms in total. The molecule has 1 saturated heterocycles. The van der Waals surface area contributed by atoms with Crippen molar-refractivity contribution in [3.05, 3.63) is 72.1 Å². The van der Waals surface area contributed by atoms with E-state index in [1.807, 2.05) is 48.0 Å². The van der Waals surface area contributed by atoms with Gasteiger partial charge < -0.3 is 19.3 Å². The highest BCUT2D eigenvalue weighted by Gasteiger charge is 2.36. The number of para-hydroxylation sites is 2. The maximum atomic E-state index is 13.5. The number of aryl methyl sites for hydroxylation is 1. The lowest BCUT2D eigenvalue weighted by atomic mass is 10.1. The van der Waals surface area contributed by atoms with Crippen molar-refractivity contribution < 1.29 is 19.1 Å². The molecule has 0 radical (unpaired) electrons. The molecule has 5 rings (SSSR count). The highest BCUT2D eigenvalue weighted by Crippen LogP contribution is 2.34. The van der Waals surface area contributed by atoms with Crippen molar-refractivity contribution in [2.75, 3.05) is 37.7 Å². The maximum Gasteiger partial charge on any atom is 0.265 e. The third-order valence-electron chi connectivity index (χ3n) is 5.81. The fourth-order valence-electron chi connectivity index (χ4n) is 4.08. The van der Waals surface area contributed by atoms with Gasteiger partial charge in [-0.2, -0.15) is 5.10 Å². The van der Waals surface area contributed by atoms with Gasteiger partial charge in [0.1, 0.15) is 5.75 Å². The molecule has 2 aromatic carbocycles. The zero-order valence-corrected chi connectivity index (χ0v) is 17.8. The van der Waals surface area contributed by atoms with E-state index >= 15 is 0 Å². The summed E-state index contributed by atoms with van der Waals surface area (Å²) in [5.41, 5.74) is 3.09. The molecule has 0 N–H and O–H groups in total. The van der Waals surface area contributed by atoms with Gasteiger partial charge in [0.15, 0.2) is 6.10 Å². The Morgan fingerprint density at radius 1 is 1.00 bits per heavy atom. The van der Waals surface area contributed by atoms with E-state index in [2.05, 4.69) is 5.10 Å². The van der Waals surface area contributed by atoms with Crippen LogP contribution in [0.1, 0.15) is 16.1 Å². The predicted molar refractivity (Wildman–Crippen MR) is 118 cm³/mol. The van der Waals surface area contributed by atoms with Crippen LogP contribution >= 0.6 is 0 Å². The third-order valence-corrected chi connectivity index (χ3v) is 5.81.